The Hall–Kier alpha value is -1.36. The van der Waals surface area contributed by atoms with Gasteiger partial charge in [-0.15, -0.1) is 0 Å². The Labute approximate surface area is 95.1 Å². The minimum Gasteiger partial charge on any atom is -0.396 e. The van der Waals surface area contributed by atoms with Crippen LogP contribution in [0.2, 0.25) is 0 Å². The molecule has 0 fully saturated rings. The van der Waals surface area contributed by atoms with Crippen molar-refractivity contribution in [3.63, 3.8) is 0 Å². The minimum absolute atomic E-state index is 0.0878. The van der Waals surface area contributed by atoms with Gasteiger partial charge < -0.3 is 15.0 Å². The maximum absolute atomic E-state index is 11.7. The van der Waals surface area contributed by atoms with E-state index >= 15 is 0 Å². The van der Waals surface area contributed by atoms with Crippen LogP contribution >= 0.6 is 0 Å². The molecule has 0 amide bonds. The van der Waals surface area contributed by atoms with Crippen LogP contribution in [-0.2, 0) is 7.05 Å². The topological polar surface area (TPSA) is 67.2 Å². The number of aliphatic hydroxyl groups excluding tert-OH is 1. The zero-order valence-electron chi connectivity index (χ0n) is 10.0. The highest BCUT2D eigenvalue weighted by Gasteiger charge is 2.22. The number of nitrogens with one attached hydrogen (secondary N) is 1. The van der Waals surface area contributed by atoms with Crippen molar-refractivity contribution < 1.29 is 5.11 Å². The monoisotopic (exact) mass is 225 g/mol. The van der Waals surface area contributed by atoms with Gasteiger partial charge in [-0.25, -0.2) is 4.98 Å². The largest absolute Gasteiger partial charge is 0.396 e. The molecule has 1 atom stereocenters. The summed E-state index contributed by atoms with van der Waals surface area (Å²) < 4.78 is 1.48. The van der Waals surface area contributed by atoms with Crippen LogP contribution in [0.3, 0.4) is 0 Å². The van der Waals surface area contributed by atoms with E-state index in [1.807, 2.05) is 13.8 Å². The second-order valence-electron chi connectivity index (χ2n) is 4.20. The normalized spacial score (nSPS) is 14.5. The second kappa shape index (κ2) is 5.12. The lowest BCUT2D eigenvalue weighted by molar-refractivity contribution is 0.251. The molecule has 0 bridgehead atoms. The molecule has 0 aliphatic rings. The summed E-state index contributed by atoms with van der Waals surface area (Å²) in [6.07, 6.45) is 4.60. The predicted molar refractivity (Wildman–Crippen MR) is 63.5 cm³/mol. The molecule has 1 aromatic rings. The molecule has 0 aromatic carbocycles. The SMILES string of the molecule is CCC(C)(CCO)Nc1nccn(C)c1=O. The second-order valence-corrected chi connectivity index (χ2v) is 4.20. The van der Waals surface area contributed by atoms with Crippen molar-refractivity contribution in [1.29, 1.82) is 0 Å². The average Bonchev–Trinajstić information content (AvgIpc) is 2.25. The van der Waals surface area contributed by atoms with Crippen LogP contribution < -0.4 is 10.9 Å². The van der Waals surface area contributed by atoms with E-state index in [0.29, 0.717) is 12.2 Å². The molecular formula is C11H19N3O2. The van der Waals surface area contributed by atoms with Gasteiger partial charge in [0.15, 0.2) is 5.82 Å². The van der Waals surface area contributed by atoms with Crippen LogP contribution in [0.1, 0.15) is 26.7 Å². The molecule has 0 radical (unpaired) electrons. The van der Waals surface area contributed by atoms with Gasteiger partial charge in [-0.3, -0.25) is 4.79 Å². The first-order valence-electron chi connectivity index (χ1n) is 5.43. The van der Waals surface area contributed by atoms with E-state index in [9.17, 15) is 4.79 Å². The van der Waals surface area contributed by atoms with Crippen molar-refractivity contribution >= 4 is 5.82 Å². The van der Waals surface area contributed by atoms with E-state index in [-0.39, 0.29) is 17.7 Å². The third-order valence-corrected chi connectivity index (χ3v) is 2.88. The van der Waals surface area contributed by atoms with Crippen LogP contribution in [0, 0.1) is 0 Å². The smallest absolute Gasteiger partial charge is 0.293 e. The molecule has 0 aliphatic carbocycles. The lowest BCUT2D eigenvalue weighted by Gasteiger charge is -2.29. The molecule has 1 rings (SSSR count). The Balaban J connectivity index is 2.94. The Morgan fingerprint density at radius 1 is 1.62 bits per heavy atom. The molecule has 16 heavy (non-hydrogen) atoms. The van der Waals surface area contributed by atoms with Gasteiger partial charge in [-0.1, -0.05) is 6.92 Å². The molecule has 1 heterocycles. The molecule has 0 aliphatic heterocycles. The fourth-order valence-electron chi connectivity index (χ4n) is 1.44. The third-order valence-electron chi connectivity index (χ3n) is 2.88. The number of hydrogen-bond acceptors (Lipinski definition) is 4. The van der Waals surface area contributed by atoms with Crippen molar-refractivity contribution in [3.8, 4) is 0 Å². The Kier molecular flexibility index (Phi) is 4.06. The Bertz CT molecular complexity index is 402. The molecule has 0 saturated heterocycles. The van der Waals surface area contributed by atoms with Crippen LogP contribution in [0.4, 0.5) is 5.82 Å². The molecule has 1 aromatic heterocycles. The van der Waals surface area contributed by atoms with Crippen LogP contribution in [0.5, 0.6) is 0 Å². The third kappa shape index (κ3) is 2.82. The quantitative estimate of drug-likeness (QED) is 0.775. The molecule has 0 spiro atoms. The summed E-state index contributed by atoms with van der Waals surface area (Å²) in [6, 6.07) is 0. The van der Waals surface area contributed by atoms with Crippen molar-refractivity contribution in [3.05, 3.63) is 22.7 Å². The van der Waals surface area contributed by atoms with E-state index in [0.717, 1.165) is 6.42 Å². The lowest BCUT2D eigenvalue weighted by atomic mass is 9.95. The molecular weight excluding hydrogens is 206 g/mol. The molecule has 2 N–H and O–H groups in total. The number of rotatable bonds is 5. The summed E-state index contributed by atoms with van der Waals surface area (Å²) in [6.45, 7) is 4.07. The van der Waals surface area contributed by atoms with E-state index in [1.165, 1.54) is 4.57 Å². The van der Waals surface area contributed by atoms with Crippen LogP contribution in [-0.4, -0.2) is 26.8 Å². The number of hydrogen-bond donors (Lipinski definition) is 2. The zero-order chi connectivity index (χ0) is 12.2. The summed E-state index contributed by atoms with van der Waals surface area (Å²) in [4.78, 5) is 15.8. The van der Waals surface area contributed by atoms with Gasteiger partial charge in [0.2, 0.25) is 0 Å². The summed E-state index contributed by atoms with van der Waals surface area (Å²) in [5, 5.41) is 12.1. The van der Waals surface area contributed by atoms with E-state index in [4.69, 9.17) is 5.11 Å². The van der Waals surface area contributed by atoms with Crippen LogP contribution in [0.15, 0.2) is 17.2 Å². The van der Waals surface area contributed by atoms with E-state index in [1.54, 1.807) is 19.4 Å². The molecule has 5 heteroatoms. The van der Waals surface area contributed by atoms with Gasteiger partial charge in [0, 0.05) is 31.6 Å². The standard InChI is InChI=1S/C11H19N3O2/c1-4-11(2,5-8-15)13-9-10(16)14(3)7-6-12-9/h6-7,15H,4-5,8H2,1-3H3,(H,12,13). The summed E-state index contributed by atoms with van der Waals surface area (Å²) >= 11 is 0. The van der Waals surface area contributed by atoms with Crippen molar-refractivity contribution in [2.45, 2.75) is 32.2 Å². The van der Waals surface area contributed by atoms with E-state index < -0.39 is 0 Å². The summed E-state index contributed by atoms with van der Waals surface area (Å²) in [5.74, 6) is 0.336. The predicted octanol–water partition coefficient (Wildman–Crippen LogP) is 0.743. The first-order valence-corrected chi connectivity index (χ1v) is 5.43. The molecule has 90 valence electrons. The van der Waals surface area contributed by atoms with Crippen molar-refractivity contribution in [1.82, 2.24) is 9.55 Å². The van der Waals surface area contributed by atoms with E-state index in [2.05, 4.69) is 10.3 Å². The Morgan fingerprint density at radius 2 is 2.31 bits per heavy atom. The number of aliphatic hydroxyl groups is 1. The van der Waals surface area contributed by atoms with Gasteiger partial charge in [0.25, 0.3) is 5.56 Å². The average molecular weight is 225 g/mol. The minimum atomic E-state index is -0.296. The van der Waals surface area contributed by atoms with Gasteiger partial charge in [0.1, 0.15) is 0 Å². The fourth-order valence-corrected chi connectivity index (χ4v) is 1.44. The first-order chi connectivity index (χ1) is 7.52. The number of aromatic nitrogens is 2. The summed E-state index contributed by atoms with van der Waals surface area (Å²) in [5.41, 5.74) is -0.449. The number of aryl methyl sites for hydroxylation is 1. The van der Waals surface area contributed by atoms with Crippen molar-refractivity contribution in [2.24, 2.45) is 7.05 Å². The lowest BCUT2D eigenvalue weighted by Crippen LogP contribution is -2.38. The zero-order valence-corrected chi connectivity index (χ0v) is 10.0. The van der Waals surface area contributed by atoms with Crippen LogP contribution in [0.25, 0.3) is 0 Å². The summed E-state index contributed by atoms with van der Waals surface area (Å²) in [7, 11) is 1.69. The van der Waals surface area contributed by atoms with Gasteiger partial charge >= 0.3 is 0 Å². The van der Waals surface area contributed by atoms with Gasteiger partial charge in [-0.05, 0) is 19.8 Å². The molecule has 0 saturated carbocycles. The number of nitrogens with zero attached hydrogens (tertiary/aromatic N) is 2. The maximum Gasteiger partial charge on any atom is 0.293 e. The highest BCUT2D eigenvalue weighted by Crippen LogP contribution is 2.18. The Morgan fingerprint density at radius 3 is 2.88 bits per heavy atom. The maximum atomic E-state index is 11.7. The number of anilines is 1. The van der Waals surface area contributed by atoms with Gasteiger partial charge in [-0.2, -0.15) is 0 Å². The first kappa shape index (κ1) is 12.7. The van der Waals surface area contributed by atoms with Gasteiger partial charge in [0.05, 0.1) is 0 Å². The van der Waals surface area contributed by atoms with Crippen molar-refractivity contribution in [2.75, 3.05) is 11.9 Å². The molecule has 5 nitrogen and oxygen atoms in total. The fraction of sp³-hybridized carbons (Fsp3) is 0.636. The highest BCUT2D eigenvalue weighted by atomic mass is 16.3. The molecule has 1 unspecified atom stereocenters. The highest BCUT2D eigenvalue weighted by molar-refractivity contribution is 5.34.